The van der Waals surface area contributed by atoms with Gasteiger partial charge in [-0.25, -0.2) is 0 Å². The van der Waals surface area contributed by atoms with Crippen LogP contribution < -0.4 is 11.1 Å². The maximum Gasteiger partial charge on any atom is 0.256 e. The SMILES string of the molecule is CCC(N)(CC)CNC(=O)c1c(C)noc1C. The Labute approximate surface area is 102 Å². The molecule has 0 aliphatic rings. The molecule has 17 heavy (non-hydrogen) atoms. The van der Waals surface area contributed by atoms with Crippen LogP contribution in [0.2, 0.25) is 0 Å². The molecule has 5 heteroatoms. The van der Waals surface area contributed by atoms with Gasteiger partial charge in [-0.2, -0.15) is 0 Å². The molecule has 0 aliphatic carbocycles. The van der Waals surface area contributed by atoms with E-state index in [0.29, 0.717) is 23.6 Å². The van der Waals surface area contributed by atoms with Gasteiger partial charge in [-0.15, -0.1) is 0 Å². The van der Waals surface area contributed by atoms with Gasteiger partial charge in [-0.3, -0.25) is 4.79 Å². The Morgan fingerprint density at radius 2 is 2.00 bits per heavy atom. The van der Waals surface area contributed by atoms with Crippen molar-refractivity contribution in [3.8, 4) is 0 Å². The molecule has 1 heterocycles. The van der Waals surface area contributed by atoms with E-state index in [0.717, 1.165) is 12.8 Å². The zero-order chi connectivity index (χ0) is 13.1. The molecule has 0 atom stereocenters. The summed E-state index contributed by atoms with van der Waals surface area (Å²) in [4.78, 5) is 12.0. The van der Waals surface area contributed by atoms with Crippen LogP contribution in [0, 0.1) is 13.8 Å². The molecule has 1 aromatic rings. The highest BCUT2D eigenvalue weighted by atomic mass is 16.5. The molecule has 0 aliphatic heterocycles. The Balaban J connectivity index is 2.68. The van der Waals surface area contributed by atoms with Crippen LogP contribution in [0.25, 0.3) is 0 Å². The lowest BCUT2D eigenvalue weighted by atomic mass is 9.94. The van der Waals surface area contributed by atoms with E-state index < -0.39 is 0 Å². The normalized spacial score (nSPS) is 11.6. The average molecular weight is 239 g/mol. The number of nitrogens with zero attached hydrogens (tertiary/aromatic N) is 1. The topological polar surface area (TPSA) is 81.1 Å². The van der Waals surface area contributed by atoms with Crippen molar-refractivity contribution in [1.82, 2.24) is 10.5 Å². The van der Waals surface area contributed by atoms with E-state index in [1.165, 1.54) is 0 Å². The minimum absolute atomic E-state index is 0.169. The molecule has 1 amide bonds. The van der Waals surface area contributed by atoms with Crippen LogP contribution in [-0.4, -0.2) is 23.1 Å². The lowest BCUT2D eigenvalue weighted by Gasteiger charge is -2.26. The number of rotatable bonds is 5. The minimum atomic E-state index is -0.339. The summed E-state index contributed by atoms with van der Waals surface area (Å²) in [6.07, 6.45) is 1.65. The Morgan fingerprint density at radius 1 is 1.41 bits per heavy atom. The maximum absolute atomic E-state index is 12.0. The second-order valence-electron chi connectivity index (χ2n) is 4.45. The van der Waals surface area contributed by atoms with Crippen LogP contribution in [0.15, 0.2) is 4.52 Å². The largest absolute Gasteiger partial charge is 0.361 e. The van der Waals surface area contributed by atoms with Gasteiger partial charge in [0.05, 0.1) is 5.69 Å². The van der Waals surface area contributed by atoms with E-state index in [-0.39, 0.29) is 11.4 Å². The molecule has 96 valence electrons. The first-order valence-corrected chi connectivity index (χ1v) is 5.93. The van der Waals surface area contributed by atoms with Gasteiger partial charge in [0, 0.05) is 12.1 Å². The first-order chi connectivity index (χ1) is 7.93. The number of nitrogens with one attached hydrogen (secondary N) is 1. The van der Waals surface area contributed by atoms with Crippen molar-refractivity contribution in [3.05, 3.63) is 17.0 Å². The van der Waals surface area contributed by atoms with E-state index in [1.54, 1.807) is 13.8 Å². The van der Waals surface area contributed by atoms with Crippen molar-refractivity contribution in [1.29, 1.82) is 0 Å². The Hall–Kier alpha value is -1.36. The summed E-state index contributed by atoms with van der Waals surface area (Å²) >= 11 is 0. The highest BCUT2D eigenvalue weighted by Gasteiger charge is 2.23. The number of hydrogen-bond donors (Lipinski definition) is 2. The Morgan fingerprint density at radius 3 is 2.41 bits per heavy atom. The number of hydrogen-bond acceptors (Lipinski definition) is 4. The molecule has 0 bridgehead atoms. The van der Waals surface area contributed by atoms with Crippen molar-refractivity contribution in [2.75, 3.05) is 6.54 Å². The summed E-state index contributed by atoms with van der Waals surface area (Å²) in [7, 11) is 0. The van der Waals surface area contributed by atoms with Crippen LogP contribution in [-0.2, 0) is 0 Å². The molecule has 1 rings (SSSR count). The zero-order valence-corrected chi connectivity index (χ0v) is 11.0. The highest BCUT2D eigenvalue weighted by Crippen LogP contribution is 2.13. The molecule has 0 spiro atoms. The van der Waals surface area contributed by atoms with E-state index >= 15 is 0 Å². The van der Waals surface area contributed by atoms with Crippen molar-refractivity contribution in [2.24, 2.45) is 5.73 Å². The minimum Gasteiger partial charge on any atom is -0.361 e. The predicted octanol–water partition coefficient (Wildman–Crippen LogP) is 1.54. The third-order valence-corrected chi connectivity index (χ3v) is 3.27. The van der Waals surface area contributed by atoms with Crippen LogP contribution in [0.3, 0.4) is 0 Å². The molecule has 3 N–H and O–H groups in total. The first-order valence-electron chi connectivity index (χ1n) is 5.93. The van der Waals surface area contributed by atoms with Gasteiger partial charge in [0.25, 0.3) is 5.91 Å². The average Bonchev–Trinajstić information content (AvgIpc) is 2.66. The van der Waals surface area contributed by atoms with Crippen LogP contribution in [0.1, 0.15) is 48.5 Å². The van der Waals surface area contributed by atoms with Crippen molar-refractivity contribution < 1.29 is 9.32 Å². The molecule has 0 unspecified atom stereocenters. The van der Waals surface area contributed by atoms with Gasteiger partial charge >= 0.3 is 0 Å². The van der Waals surface area contributed by atoms with Crippen LogP contribution >= 0.6 is 0 Å². The lowest BCUT2D eigenvalue weighted by molar-refractivity contribution is 0.0940. The summed E-state index contributed by atoms with van der Waals surface area (Å²) in [5, 5.41) is 6.60. The standard InChI is InChI=1S/C12H21N3O2/c1-5-12(13,6-2)7-14-11(16)10-8(3)15-17-9(10)4/h5-7,13H2,1-4H3,(H,14,16). The fraction of sp³-hybridized carbons (Fsp3) is 0.667. The van der Waals surface area contributed by atoms with E-state index in [1.807, 2.05) is 13.8 Å². The number of carbonyl (C=O) groups is 1. The van der Waals surface area contributed by atoms with Crippen LogP contribution in [0.5, 0.6) is 0 Å². The zero-order valence-electron chi connectivity index (χ0n) is 11.0. The summed E-state index contributed by atoms with van der Waals surface area (Å²) in [6.45, 7) is 7.98. The summed E-state index contributed by atoms with van der Waals surface area (Å²) in [6, 6.07) is 0. The number of aryl methyl sites for hydroxylation is 2. The van der Waals surface area contributed by atoms with Crippen molar-refractivity contribution >= 4 is 5.91 Å². The van der Waals surface area contributed by atoms with Crippen LogP contribution in [0.4, 0.5) is 0 Å². The lowest BCUT2D eigenvalue weighted by Crippen LogP contribution is -2.49. The maximum atomic E-state index is 12.0. The fourth-order valence-electron chi connectivity index (χ4n) is 1.65. The van der Waals surface area contributed by atoms with Gasteiger partial charge < -0.3 is 15.6 Å². The number of carbonyl (C=O) groups excluding carboxylic acids is 1. The van der Waals surface area contributed by atoms with E-state index in [4.69, 9.17) is 10.3 Å². The number of aromatic nitrogens is 1. The summed E-state index contributed by atoms with van der Waals surface area (Å²) in [5.41, 5.74) is 6.90. The van der Waals surface area contributed by atoms with E-state index in [9.17, 15) is 4.79 Å². The molecular formula is C12H21N3O2. The van der Waals surface area contributed by atoms with Gasteiger partial charge in [0.2, 0.25) is 0 Å². The molecule has 0 saturated heterocycles. The second-order valence-corrected chi connectivity index (χ2v) is 4.45. The molecule has 0 fully saturated rings. The summed E-state index contributed by atoms with van der Waals surface area (Å²) in [5.74, 6) is 0.369. The van der Waals surface area contributed by atoms with Gasteiger partial charge in [0.1, 0.15) is 11.3 Å². The molecular weight excluding hydrogens is 218 g/mol. The number of nitrogens with two attached hydrogens (primary N) is 1. The van der Waals surface area contributed by atoms with E-state index in [2.05, 4.69) is 10.5 Å². The molecule has 1 aromatic heterocycles. The fourth-order valence-corrected chi connectivity index (χ4v) is 1.65. The van der Waals surface area contributed by atoms with Crippen molar-refractivity contribution in [3.63, 3.8) is 0 Å². The molecule has 0 radical (unpaired) electrons. The highest BCUT2D eigenvalue weighted by molar-refractivity contribution is 5.96. The first kappa shape index (κ1) is 13.7. The third kappa shape index (κ3) is 3.06. The summed E-state index contributed by atoms with van der Waals surface area (Å²) < 4.78 is 4.96. The monoisotopic (exact) mass is 239 g/mol. The quantitative estimate of drug-likeness (QED) is 0.816. The third-order valence-electron chi connectivity index (χ3n) is 3.27. The molecule has 0 aromatic carbocycles. The van der Waals surface area contributed by atoms with Gasteiger partial charge in [0.15, 0.2) is 0 Å². The van der Waals surface area contributed by atoms with Gasteiger partial charge in [-0.05, 0) is 26.7 Å². The van der Waals surface area contributed by atoms with Crippen molar-refractivity contribution in [2.45, 2.75) is 46.1 Å². The molecule has 5 nitrogen and oxygen atoms in total. The van der Waals surface area contributed by atoms with Gasteiger partial charge in [-0.1, -0.05) is 19.0 Å². The smallest absolute Gasteiger partial charge is 0.256 e. The number of amides is 1. The second kappa shape index (κ2) is 5.31. The Kier molecular flexibility index (Phi) is 4.28. The predicted molar refractivity (Wildman–Crippen MR) is 65.8 cm³/mol. The molecule has 0 saturated carbocycles. The Bertz CT molecular complexity index is 375.